The third-order valence-electron chi connectivity index (χ3n) is 5.67. The Balaban J connectivity index is 2.25. The topological polar surface area (TPSA) is 55.2 Å². The average molecular weight is 454 g/mol. The van der Waals surface area contributed by atoms with Crippen molar-refractivity contribution >= 4 is 28.4 Å². The van der Waals surface area contributed by atoms with Gasteiger partial charge >= 0.3 is 0 Å². The molecule has 1 heterocycles. The van der Waals surface area contributed by atoms with E-state index in [2.05, 4.69) is 20.8 Å². The van der Waals surface area contributed by atoms with Crippen molar-refractivity contribution in [2.45, 2.75) is 59.9 Å². The minimum atomic E-state index is -0.367. The highest BCUT2D eigenvalue weighted by Gasteiger charge is 2.27. The van der Waals surface area contributed by atoms with E-state index in [9.17, 15) is 9.59 Å². The number of rotatable bonds is 8. The Hall–Kier alpha value is -2.66. The van der Waals surface area contributed by atoms with Gasteiger partial charge in [-0.15, -0.1) is 0 Å². The van der Waals surface area contributed by atoms with Crippen molar-refractivity contribution in [1.82, 2.24) is 14.5 Å². The molecule has 0 fully saturated rings. The lowest BCUT2D eigenvalue weighted by atomic mass is 10.1. The fraction of sp³-hybridized carbons (Fsp3) is 0.423. The highest BCUT2D eigenvalue weighted by Crippen LogP contribution is 2.27. The number of hydrogen-bond donors (Lipinski definition) is 0. The molecular formula is C26H32ClN3O2. The first kappa shape index (κ1) is 24.0. The molecule has 1 unspecified atom stereocenters. The lowest BCUT2D eigenvalue weighted by Crippen LogP contribution is -2.39. The predicted molar refractivity (Wildman–Crippen MR) is 132 cm³/mol. The Bertz CT molecular complexity index is 1170. The second-order valence-electron chi connectivity index (χ2n) is 8.78. The highest BCUT2D eigenvalue weighted by atomic mass is 35.5. The van der Waals surface area contributed by atoms with Gasteiger partial charge in [0, 0.05) is 18.0 Å². The van der Waals surface area contributed by atoms with Gasteiger partial charge in [0.2, 0.25) is 5.91 Å². The normalized spacial score (nSPS) is 12.3. The van der Waals surface area contributed by atoms with Gasteiger partial charge in [-0.25, -0.2) is 4.98 Å². The van der Waals surface area contributed by atoms with E-state index < -0.39 is 0 Å². The third-order valence-corrected chi connectivity index (χ3v) is 5.90. The van der Waals surface area contributed by atoms with Crippen LogP contribution < -0.4 is 5.56 Å². The summed E-state index contributed by atoms with van der Waals surface area (Å²) in [5, 5.41) is 1.16. The molecule has 0 N–H and O–H groups in total. The van der Waals surface area contributed by atoms with Crippen LogP contribution in [0.4, 0.5) is 0 Å². The van der Waals surface area contributed by atoms with E-state index in [1.807, 2.05) is 49.1 Å². The average Bonchev–Trinajstić information content (AvgIpc) is 2.76. The zero-order valence-corrected chi connectivity index (χ0v) is 20.3. The Kier molecular flexibility index (Phi) is 7.73. The van der Waals surface area contributed by atoms with Crippen LogP contribution in [0.15, 0.2) is 47.3 Å². The van der Waals surface area contributed by atoms with Crippen molar-refractivity contribution in [2.24, 2.45) is 5.92 Å². The quantitative estimate of drug-likeness (QED) is 0.415. The number of carbonyl (C=O) groups is 1. The SMILES string of the molecule is CCCCC(=O)N(CC(C)C)C(C)c1nc2ccccc2c(=O)n1-c1ccc(Cl)cc1C. The largest absolute Gasteiger partial charge is 0.333 e. The summed E-state index contributed by atoms with van der Waals surface area (Å²) in [6, 6.07) is 12.4. The number of para-hydroxylation sites is 1. The summed E-state index contributed by atoms with van der Waals surface area (Å²) in [5.41, 5.74) is 2.09. The molecule has 3 aromatic rings. The van der Waals surface area contributed by atoms with Crippen molar-refractivity contribution in [1.29, 1.82) is 0 Å². The summed E-state index contributed by atoms with van der Waals surface area (Å²) in [6.45, 7) is 10.8. The maximum atomic E-state index is 13.7. The summed E-state index contributed by atoms with van der Waals surface area (Å²) in [5.74, 6) is 0.945. The molecule has 32 heavy (non-hydrogen) atoms. The third kappa shape index (κ3) is 5.04. The van der Waals surface area contributed by atoms with E-state index in [1.54, 1.807) is 16.7 Å². The van der Waals surface area contributed by atoms with E-state index in [1.165, 1.54) is 0 Å². The standard InChI is InChI=1S/C26H32ClN3O2/c1-6-7-12-24(31)29(16-17(2)3)19(5)25-28-22-11-9-8-10-21(22)26(32)30(25)23-14-13-20(27)15-18(23)4/h8-11,13-15,17,19H,6-7,12,16H2,1-5H3. The molecule has 0 saturated heterocycles. The molecule has 1 atom stereocenters. The number of halogens is 1. The molecule has 0 bridgehead atoms. The van der Waals surface area contributed by atoms with Gasteiger partial charge < -0.3 is 4.90 Å². The molecule has 0 aliphatic carbocycles. The maximum Gasteiger partial charge on any atom is 0.266 e. The van der Waals surface area contributed by atoms with E-state index in [4.69, 9.17) is 16.6 Å². The van der Waals surface area contributed by atoms with Gasteiger partial charge in [-0.2, -0.15) is 0 Å². The van der Waals surface area contributed by atoms with Gasteiger partial charge in [-0.1, -0.05) is 50.9 Å². The Labute approximate surface area is 195 Å². The Morgan fingerprint density at radius 3 is 2.53 bits per heavy atom. The smallest absolute Gasteiger partial charge is 0.266 e. The highest BCUT2D eigenvalue weighted by molar-refractivity contribution is 6.30. The monoisotopic (exact) mass is 453 g/mol. The van der Waals surface area contributed by atoms with Gasteiger partial charge in [-0.05, 0) is 62.1 Å². The maximum absolute atomic E-state index is 13.7. The van der Waals surface area contributed by atoms with Gasteiger partial charge in [0.1, 0.15) is 5.82 Å². The first-order valence-electron chi connectivity index (χ1n) is 11.3. The molecule has 170 valence electrons. The zero-order chi connectivity index (χ0) is 23.4. The number of carbonyl (C=O) groups excluding carboxylic acids is 1. The van der Waals surface area contributed by atoms with Crippen molar-refractivity contribution in [3.05, 3.63) is 69.2 Å². The fourth-order valence-electron chi connectivity index (χ4n) is 4.01. The van der Waals surface area contributed by atoms with E-state index >= 15 is 0 Å². The second-order valence-corrected chi connectivity index (χ2v) is 9.21. The molecule has 0 aliphatic rings. The molecule has 0 spiro atoms. The molecule has 2 aromatic carbocycles. The van der Waals surface area contributed by atoms with Gasteiger partial charge in [0.15, 0.2) is 0 Å². The van der Waals surface area contributed by atoms with Crippen LogP contribution in [0.2, 0.25) is 5.02 Å². The summed E-state index contributed by atoms with van der Waals surface area (Å²) in [4.78, 5) is 33.6. The summed E-state index contributed by atoms with van der Waals surface area (Å²) < 4.78 is 1.65. The first-order chi connectivity index (χ1) is 15.2. The van der Waals surface area contributed by atoms with E-state index in [-0.39, 0.29) is 17.5 Å². The van der Waals surface area contributed by atoms with Gasteiger partial charge in [0.05, 0.1) is 22.6 Å². The first-order valence-corrected chi connectivity index (χ1v) is 11.7. The lowest BCUT2D eigenvalue weighted by Gasteiger charge is -2.32. The van der Waals surface area contributed by atoms with Crippen LogP contribution in [-0.4, -0.2) is 26.9 Å². The minimum Gasteiger partial charge on any atom is -0.333 e. The molecular weight excluding hydrogens is 422 g/mol. The van der Waals surface area contributed by atoms with Crippen LogP contribution in [0, 0.1) is 12.8 Å². The Morgan fingerprint density at radius 2 is 1.88 bits per heavy atom. The van der Waals surface area contributed by atoms with Crippen molar-refractivity contribution in [3.63, 3.8) is 0 Å². The van der Waals surface area contributed by atoms with Crippen LogP contribution in [0.5, 0.6) is 0 Å². The number of benzene rings is 2. The number of aryl methyl sites for hydroxylation is 1. The zero-order valence-electron chi connectivity index (χ0n) is 19.6. The molecule has 0 saturated carbocycles. The molecule has 3 rings (SSSR count). The predicted octanol–water partition coefficient (Wildman–Crippen LogP) is 6.08. The number of hydrogen-bond acceptors (Lipinski definition) is 3. The molecule has 0 aliphatic heterocycles. The molecule has 5 nitrogen and oxygen atoms in total. The Morgan fingerprint density at radius 1 is 1.16 bits per heavy atom. The summed E-state index contributed by atoms with van der Waals surface area (Å²) >= 11 is 6.18. The van der Waals surface area contributed by atoms with Crippen LogP contribution in [0.25, 0.3) is 16.6 Å². The van der Waals surface area contributed by atoms with E-state index in [0.717, 1.165) is 24.1 Å². The number of unbranched alkanes of at least 4 members (excludes halogenated alkanes) is 1. The van der Waals surface area contributed by atoms with Crippen LogP contribution in [0.3, 0.4) is 0 Å². The lowest BCUT2D eigenvalue weighted by molar-refractivity contribution is -0.134. The van der Waals surface area contributed by atoms with E-state index in [0.29, 0.717) is 40.6 Å². The second kappa shape index (κ2) is 10.3. The van der Waals surface area contributed by atoms with Crippen LogP contribution >= 0.6 is 11.6 Å². The molecule has 1 aromatic heterocycles. The van der Waals surface area contributed by atoms with Crippen molar-refractivity contribution in [3.8, 4) is 5.69 Å². The molecule has 0 radical (unpaired) electrons. The molecule has 6 heteroatoms. The van der Waals surface area contributed by atoms with Gasteiger partial charge in [0.25, 0.3) is 5.56 Å². The van der Waals surface area contributed by atoms with Crippen LogP contribution in [0.1, 0.15) is 64.4 Å². The number of aromatic nitrogens is 2. The minimum absolute atomic E-state index is 0.0924. The van der Waals surface area contributed by atoms with Gasteiger partial charge in [-0.3, -0.25) is 14.2 Å². The number of nitrogens with zero attached hydrogens (tertiary/aromatic N) is 3. The fourth-order valence-corrected chi connectivity index (χ4v) is 4.24. The van der Waals surface area contributed by atoms with Crippen LogP contribution in [-0.2, 0) is 4.79 Å². The molecule has 1 amide bonds. The summed E-state index contributed by atoms with van der Waals surface area (Å²) in [7, 11) is 0. The number of fused-ring (bicyclic) bond motifs is 1. The van der Waals surface area contributed by atoms with Crippen molar-refractivity contribution < 1.29 is 4.79 Å². The van der Waals surface area contributed by atoms with Crippen molar-refractivity contribution in [2.75, 3.05) is 6.54 Å². The number of amides is 1. The summed E-state index contributed by atoms with van der Waals surface area (Å²) in [6.07, 6.45) is 2.29.